The summed E-state index contributed by atoms with van der Waals surface area (Å²) in [5, 5.41) is 0. The van der Waals surface area contributed by atoms with E-state index in [1.165, 1.54) is 0 Å². The molecule has 0 spiro atoms. The molecule has 0 unspecified atom stereocenters. The minimum Gasteiger partial charge on any atom is -0.402 e. The molecular weight excluding hydrogens is 304 g/mol. The summed E-state index contributed by atoms with van der Waals surface area (Å²) in [5.74, 6) is 0. The van der Waals surface area contributed by atoms with Crippen LogP contribution in [-0.2, 0) is 5.41 Å². The molecule has 0 aliphatic heterocycles. The zero-order valence-electron chi connectivity index (χ0n) is 15.3. The largest absolute Gasteiger partial charge is 0.402 e. The monoisotopic (exact) mass is 332 g/mol. The van der Waals surface area contributed by atoms with Crippen molar-refractivity contribution in [1.29, 1.82) is 0 Å². The van der Waals surface area contributed by atoms with E-state index in [9.17, 15) is 0 Å². The van der Waals surface area contributed by atoms with E-state index in [2.05, 4.69) is 72.8 Å². The van der Waals surface area contributed by atoms with Gasteiger partial charge < -0.3 is 10.6 Å². The van der Waals surface area contributed by atoms with Gasteiger partial charge in [-0.1, -0.05) is 79.9 Å². The Balaban J connectivity index is 2.52. The smallest absolute Gasteiger partial charge is 0.0607 e. The Labute approximate surface area is 152 Å². The fourth-order valence-corrected chi connectivity index (χ4v) is 3.29. The topological polar surface area (TPSA) is 29.3 Å². The molecule has 130 valence electrons. The molecule has 0 saturated carbocycles. The van der Waals surface area contributed by atoms with Crippen LogP contribution in [0, 0.1) is 0 Å². The maximum absolute atomic E-state index is 6.42. The fraction of sp³-hybridized carbons (Fsp3) is 0.217. The highest BCUT2D eigenvalue weighted by Gasteiger charge is 2.36. The van der Waals surface area contributed by atoms with Gasteiger partial charge in [-0.05, 0) is 37.6 Å². The van der Waals surface area contributed by atoms with Gasteiger partial charge in [0.15, 0.2) is 0 Å². The van der Waals surface area contributed by atoms with Crippen molar-refractivity contribution in [1.82, 2.24) is 4.90 Å². The number of nitrogens with zero attached hydrogens (tertiary/aromatic N) is 1. The molecule has 25 heavy (non-hydrogen) atoms. The Morgan fingerprint density at radius 1 is 1.00 bits per heavy atom. The third-order valence-electron chi connectivity index (χ3n) is 4.63. The summed E-state index contributed by atoms with van der Waals surface area (Å²) < 4.78 is 0. The molecule has 0 aliphatic rings. The molecule has 0 radical (unpaired) electrons. The molecule has 0 aliphatic carbocycles. The average molecular weight is 332 g/mol. The van der Waals surface area contributed by atoms with Gasteiger partial charge in [-0.25, -0.2) is 0 Å². The van der Waals surface area contributed by atoms with Gasteiger partial charge in [0.05, 0.1) is 5.41 Å². The molecule has 2 nitrogen and oxygen atoms in total. The molecule has 0 aromatic heterocycles. The first-order valence-corrected chi connectivity index (χ1v) is 8.63. The molecule has 0 atom stereocenters. The maximum atomic E-state index is 6.42. The predicted molar refractivity (Wildman–Crippen MR) is 108 cm³/mol. The third-order valence-corrected chi connectivity index (χ3v) is 4.63. The number of hydrogen-bond acceptors (Lipinski definition) is 2. The van der Waals surface area contributed by atoms with Gasteiger partial charge in [0.1, 0.15) is 0 Å². The summed E-state index contributed by atoms with van der Waals surface area (Å²) >= 11 is 0. The highest BCUT2D eigenvalue weighted by atomic mass is 15.1. The predicted octanol–water partition coefficient (Wildman–Crippen LogP) is 5.20. The molecule has 0 bridgehead atoms. The average Bonchev–Trinajstić information content (AvgIpc) is 2.62. The van der Waals surface area contributed by atoms with Crippen molar-refractivity contribution in [3.63, 3.8) is 0 Å². The molecule has 2 aromatic rings. The molecule has 0 fully saturated rings. The summed E-state index contributed by atoms with van der Waals surface area (Å²) in [4.78, 5) is 2.16. The van der Waals surface area contributed by atoms with Crippen LogP contribution in [0.2, 0.25) is 0 Å². The van der Waals surface area contributed by atoms with E-state index in [4.69, 9.17) is 5.73 Å². The molecule has 2 N–H and O–H groups in total. The Kier molecular flexibility index (Phi) is 6.24. The zero-order chi connectivity index (χ0) is 18.3. The van der Waals surface area contributed by atoms with Crippen molar-refractivity contribution >= 4 is 0 Å². The Morgan fingerprint density at radius 3 is 1.84 bits per heavy atom. The first-order valence-electron chi connectivity index (χ1n) is 8.63. The number of hydrogen-bond donors (Lipinski definition) is 1. The SMILES string of the molecule is C=C(C)N(/C=C\C)CCC(C(=C)N)(c1ccccc1)c1ccccc1. The van der Waals surface area contributed by atoms with E-state index in [0.717, 1.165) is 29.8 Å². The lowest BCUT2D eigenvalue weighted by Gasteiger charge is -2.37. The van der Waals surface area contributed by atoms with Gasteiger partial charge >= 0.3 is 0 Å². The third kappa shape index (κ3) is 4.03. The van der Waals surface area contributed by atoms with Crippen molar-refractivity contribution in [3.8, 4) is 0 Å². The minimum absolute atomic E-state index is 0.433. The zero-order valence-corrected chi connectivity index (χ0v) is 15.3. The van der Waals surface area contributed by atoms with Crippen LogP contribution in [0.15, 0.2) is 97.5 Å². The molecule has 2 rings (SSSR count). The van der Waals surface area contributed by atoms with Crippen LogP contribution in [0.1, 0.15) is 31.4 Å². The van der Waals surface area contributed by atoms with Gasteiger partial charge in [0.25, 0.3) is 0 Å². The van der Waals surface area contributed by atoms with Crippen LogP contribution in [-0.4, -0.2) is 11.4 Å². The Morgan fingerprint density at radius 2 is 1.48 bits per heavy atom. The number of allylic oxidation sites excluding steroid dienone is 3. The van der Waals surface area contributed by atoms with Crippen LogP contribution >= 0.6 is 0 Å². The van der Waals surface area contributed by atoms with Crippen molar-refractivity contribution < 1.29 is 0 Å². The highest BCUT2D eigenvalue weighted by Crippen LogP contribution is 2.40. The molecule has 0 saturated heterocycles. The maximum Gasteiger partial charge on any atom is 0.0607 e. The number of nitrogens with two attached hydrogens (primary N) is 1. The van der Waals surface area contributed by atoms with E-state index in [1.807, 2.05) is 32.1 Å². The molecule has 0 heterocycles. The van der Waals surface area contributed by atoms with E-state index in [-0.39, 0.29) is 0 Å². The number of rotatable bonds is 8. The van der Waals surface area contributed by atoms with Crippen molar-refractivity contribution in [2.45, 2.75) is 25.7 Å². The van der Waals surface area contributed by atoms with Crippen molar-refractivity contribution in [3.05, 3.63) is 109 Å². The van der Waals surface area contributed by atoms with Crippen LogP contribution in [0.25, 0.3) is 0 Å². The summed E-state index contributed by atoms with van der Waals surface area (Å²) in [6, 6.07) is 20.8. The van der Waals surface area contributed by atoms with Gasteiger partial charge in [-0.2, -0.15) is 0 Å². The van der Waals surface area contributed by atoms with Crippen LogP contribution in [0.4, 0.5) is 0 Å². The van der Waals surface area contributed by atoms with E-state index in [1.54, 1.807) is 0 Å². The van der Waals surface area contributed by atoms with Gasteiger partial charge in [0.2, 0.25) is 0 Å². The summed E-state index contributed by atoms with van der Waals surface area (Å²) in [5.41, 5.74) is 9.98. The minimum atomic E-state index is -0.433. The normalized spacial score (nSPS) is 11.4. The Hall–Kier alpha value is -2.74. The molecular formula is C23H28N2. The summed E-state index contributed by atoms with van der Waals surface area (Å²) in [6.07, 6.45) is 4.90. The van der Waals surface area contributed by atoms with Gasteiger partial charge in [0, 0.05) is 17.9 Å². The lowest BCUT2D eigenvalue weighted by Crippen LogP contribution is -2.37. The first kappa shape index (κ1) is 18.6. The second kappa shape index (κ2) is 8.39. The molecule has 0 amide bonds. The van der Waals surface area contributed by atoms with Gasteiger partial charge in [-0.3, -0.25) is 0 Å². The lowest BCUT2D eigenvalue weighted by molar-refractivity contribution is 0.401. The van der Waals surface area contributed by atoms with Crippen LogP contribution < -0.4 is 5.73 Å². The van der Waals surface area contributed by atoms with E-state index >= 15 is 0 Å². The molecule has 2 heteroatoms. The molecule has 2 aromatic carbocycles. The standard InChI is InChI=1S/C23H28N2/c1-5-17-25(19(2)3)18-16-23(20(4)24,21-12-8-6-9-13-21)22-14-10-7-11-15-22/h5-15,17H,2,4,16,18,24H2,1,3H3/b17-5-. The summed E-state index contributed by atoms with van der Waals surface area (Å²) in [6.45, 7) is 13.1. The fourth-order valence-electron chi connectivity index (χ4n) is 3.29. The van der Waals surface area contributed by atoms with Crippen molar-refractivity contribution in [2.24, 2.45) is 5.73 Å². The van der Waals surface area contributed by atoms with Gasteiger partial charge in [-0.15, -0.1) is 0 Å². The lowest BCUT2D eigenvalue weighted by atomic mass is 9.70. The van der Waals surface area contributed by atoms with Crippen LogP contribution in [0.5, 0.6) is 0 Å². The second-order valence-electron chi connectivity index (χ2n) is 6.32. The quantitative estimate of drug-likeness (QED) is 0.719. The second-order valence-corrected chi connectivity index (χ2v) is 6.32. The summed E-state index contributed by atoms with van der Waals surface area (Å²) in [7, 11) is 0. The Bertz CT molecular complexity index is 690. The van der Waals surface area contributed by atoms with E-state index in [0.29, 0.717) is 5.70 Å². The number of benzene rings is 2. The first-order chi connectivity index (χ1) is 12.0. The van der Waals surface area contributed by atoms with Crippen LogP contribution in [0.3, 0.4) is 0 Å². The van der Waals surface area contributed by atoms with Crippen molar-refractivity contribution in [2.75, 3.05) is 6.54 Å². The highest BCUT2D eigenvalue weighted by molar-refractivity contribution is 5.47. The van der Waals surface area contributed by atoms with E-state index < -0.39 is 5.41 Å².